The number of carbonyl (C=O) groups excluding carboxylic acids is 6. The normalized spacial score (nSPS) is 26.0. The standard InChI is InChI=1S/C47H53NO15.C12H10.C6H6/c1-25-31(62-43(57)36(53)35(28-16-10-7-11-17-28)48-41(55)29-18-12-8-13-19-29)23-47(59)40(63-42(56)30-20-14-9-15-21-30)38-45(6,32(52)22-33(60-26(2)50)46(38,58)24-49)39(54)37(61-27(3)51)34(25)44(47,4)5;1-3-7-11(8-4-1)12-9-5-2-6-10-12;1-2-4-6-5-3-1/h7-21,31-33,35-38,40,49,52-53,58-59H,22-24H2,1-6H3,(H,48,55);1-10H;1-6H/t31?,32-,33-,35?,36+,37+,38?,40-,45+,46-,47+;;/m0../s1. The van der Waals surface area contributed by atoms with Gasteiger partial charge in [-0.25, -0.2) is 9.59 Å². The van der Waals surface area contributed by atoms with E-state index in [1.165, 1.54) is 75.2 Å². The molecule has 0 saturated heterocycles. The van der Waals surface area contributed by atoms with Crippen LogP contribution in [0.15, 0.2) is 199 Å². The van der Waals surface area contributed by atoms with E-state index in [4.69, 9.17) is 18.9 Å². The molecule has 424 valence electrons. The van der Waals surface area contributed by atoms with Crippen LogP contribution in [0.5, 0.6) is 0 Å². The van der Waals surface area contributed by atoms with Gasteiger partial charge in [-0.3, -0.25) is 19.2 Å². The molecule has 6 N–H and O–H groups in total. The summed E-state index contributed by atoms with van der Waals surface area (Å²) in [6.45, 7) is 6.37. The predicted molar refractivity (Wildman–Crippen MR) is 299 cm³/mol. The zero-order chi connectivity index (χ0) is 58.7. The van der Waals surface area contributed by atoms with Crippen LogP contribution in [-0.2, 0) is 38.1 Å². The third-order valence-corrected chi connectivity index (χ3v) is 15.8. The van der Waals surface area contributed by atoms with Crippen LogP contribution in [0.4, 0.5) is 0 Å². The summed E-state index contributed by atoms with van der Waals surface area (Å²) in [5.74, 6) is -8.00. The molecular weight excluding hydrogens is 1030 g/mol. The Morgan fingerprint density at radius 1 is 0.630 bits per heavy atom. The second kappa shape index (κ2) is 26.0. The zero-order valence-corrected chi connectivity index (χ0v) is 46.0. The molecule has 3 aliphatic rings. The first-order chi connectivity index (χ1) is 38.6. The van der Waals surface area contributed by atoms with E-state index in [1.807, 2.05) is 48.5 Å². The number of fused-ring (bicyclic) bond motifs is 3. The van der Waals surface area contributed by atoms with Gasteiger partial charge >= 0.3 is 23.9 Å². The first-order valence-electron chi connectivity index (χ1n) is 26.6. The third kappa shape index (κ3) is 12.9. The van der Waals surface area contributed by atoms with Gasteiger partial charge in [-0.2, -0.15) is 0 Å². The highest BCUT2D eigenvalue weighted by molar-refractivity contribution is 5.96. The minimum Gasteiger partial charge on any atom is -0.459 e. The van der Waals surface area contributed by atoms with E-state index in [1.54, 1.807) is 54.6 Å². The zero-order valence-electron chi connectivity index (χ0n) is 46.0. The summed E-state index contributed by atoms with van der Waals surface area (Å²) < 4.78 is 23.5. The molecule has 2 fully saturated rings. The van der Waals surface area contributed by atoms with Crippen molar-refractivity contribution in [1.29, 1.82) is 0 Å². The highest BCUT2D eigenvalue weighted by Crippen LogP contribution is 2.62. The lowest BCUT2D eigenvalue weighted by molar-refractivity contribution is -0.287. The van der Waals surface area contributed by atoms with Gasteiger partial charge in [0, 0.05) is 43.6 Å². The maximum absolute atomic E-state index is 15.4. The summed E-state index contributed by atoms with van der Waals surface area (Å²) in [5, 5.41) is 63.9. The van der Waals surface area contributed by atoms with Crippen LogP contribution >= 0.6 is 0 Å². The number of Topliss-reactive ketones (excluding diaryl/α,β-unsaturated/α-hetero) is 1. The average Bonchev–Trinajstić information content (AvgIpc) is 2.79. The van der Waals surface area contributed by atoms with Gasteiger partial charge in [-0.1, -0.05) is 178 Å². The number of esters is 4. The molecular formula is C65H69NO15. The molecule has 81 heavy (non-hydrogen) atoms. The Bertz CT molecular complexity index is 3080. The number of aliphatic hydroxyl groups is 5. The quantitative estimate of drug-likeness (QED) is 0.0390. The third-order valence-electron chi connectivity index (χ3n) is 15.8. The topological polar surface area (TPSA) is 253 Å². The number of rotatable bonds is 12. The van der Waals surface area contributed by atoms with Gasteiger partial charge in [0.25, 0.3) is 5.91 Å². The van der Waals surface area contributed by atoms with Crippen molar-refractivity contribution in [3.8, 4) is 11.1 Å². The molecule has 0 aromatic heterocycles. The van der Waals surface area contributed by atoms with Crippen molar-refractivity contribution in [2.75, 3.05) is 6.61 Å². The number of aliphatic hydroxyl groups excluding tert-OH is 3. The monoisotopic (exact) mass is 1100 g/mol. The lowest BCUT2D eigenvalue weighted by Gasteiger charge is -2.64. The van der Waals surface area contributed by atoms with E-state index in [9.17, 15) is 49.5 Å². The molecule has 0 spiro atoms. The fourth-order valence-corrected chi connectivity index (χ4v) is 11.5. The SMILES string of the molecule is CC(=O)O[C@H]1C(=O)[C@@]2(C)C([C@H](OC(=O)c3ccccc3)[C@]3(O)CC(OC(=O)[C@H](O)C(NC(=O)c4ccccc4)c4ccccc4)C(C)=C1C3(C)C)[C@](O)(CO)[C@@H](OC(C)=O)C[C@@H]2O.c1ccc(-c2ccccc2)cc1.c1ccccc1. The molecule has 2 saturated carbocycles. The minimum atomic E-state index is -2.75. The van der Waals surface area contributed by atoms with Gasteiger partial charge in [-0.15, -0.1) is 0 Å². The second-order valence-corrected chi connectivity index (χ2v) is 21.1. The Kier molecular flexibility index (Phi) is 19.4. The first-order valence-corrected chi connectivity index (χ1v) is 26.6. The molecule has 16 nitrogen and oxygen atoms in total. The van der Waals surface area contributed by atoms with Crippen molar-refractivity contribution in [1.82, 2.24) is 5.32 Å². The Labute approximate surface area is 471 Å². The summed E-state index contributed by atoms with van der Waals surface area (Å²) in [4.78, 5) is 82.7. The highest BCUT2D eigenvalue weighted by Gasteiger charge is 2.75. The molecule has 2 bridgehead atoms. The van der Waals surface area contributed by atoms with E-state index < -0.39 is 126 Å². The molecule has 3 aliphatic carbocycles. The van der Waals surface area contributed by atoms with Gasteiger partial charge in [-0.05, 0) is 65.9 Å². The predicted octanol–water partition coefficient (Wildman–Crippen LogP) is 7.73. The molecule has 1 amide bonds. The van der Waals surface area contributed by atoms with Gasteiger partial charge in [0.15, 0.2) is 18.0 Å². The number of benzene rings is 6. The summed E-state index contributed by atoms with van der Waals surface area (Å²) in [6.07, 6.45) is -12.7. The highest BCUT2D eigenvalue weighted by atomic mass is 16.6. The molecule has 3 unspecified atom stereocenters. The van der Waals surface area contributed by atoms with E-state index in [2.05, 4.69) is 53.8 Å². The largest absolute Gasteiger partial charge is 0.459 e. The number of ketones is 1. The van der Waals surface area contributed by atoms with Gasteiger partial charge in [0.05, 0.1) is 29.7 Å². The Balaban J connectivity index is 0.000000440. The van der Waals surface area contributed by atoms with Crippen molar-refractivity contribution in [3.63, 3.8) is 0 Å². The number of hydrogen-bond acceptors (Lipinski definition) is 15. The molecule has 16 heteroatoms. The Morgan fingerprint density at radius 2 is 1.07 bits per heavy atom. The summed E-state index contributed by atoms with van der Waals surface area (Å²) in [6, 6.07) is 55.1. The number of amides is 1. The number of hydrogen-bond donors (Lipinski definition) is 6. The first kappa shape index (κ1) is 60.5. The molecule has 6 aromatic carbocycles. The molecule has 11 atom stereocenters. The molecule has 6 aromatic rings. The van der Waals surface area contributed by atoms with E-state index in [0.29, 0.717) is 5.56 Å². The lowest BCUT2D eigenvalue weighted by Crippen LogP contribution is -2.78. The van der Waals surface area contributed by atoms with Crippen molar-refractivity contribution in [2.24, 2.45) is 16.7 Å². The maximum Gasteiger partial charge on any atom is 0.338 e. The molecule has 0 heterocycles. The van der Waals surface area contributed by atoms with Crippen molar-refractivity contribution in [2.45, 2.75) is 108 Å². The number of carbonyl (C=O) groups is 6. The van der Waals surface area contributed by atoms with Crippen LogP contribution < -0.4 is 5.32 Å². The maximum atomic E-state index is 15.4. The summed E-state index contributed by atoms with van der Waals surface area (Å²) in [7, 11) is 0. The van der Waals surface area contributed by atoms with E-state index in [-0.39, 0.29) is 22.3 Å². The van der Waals surface area contributed by atoms with Gasteiger partial charge < -0.3 is 49.8 Å². The fourth-order valence-electron chi connectivity index (χ4n) is 11.5. The van der Waals surface area contributed by atoms with Crippen molar-refractivity contribution < 1.29 is 73.2 Å². The summed E-state index contributed by atoms with van der Waals surface area (Å²) >= 11 is 0. The Hall–Kier alpha value is -8.12. The van der Waals surface area contributed by atoms with Gasteiger partial charge in [0.1, 0.15) is 29.5 Å². The second-order valence-electron chi connectivity index (χ2n) is 21.1. The van der Waals surface area contributed by atoms with Crippen molar-refractivity contribution >= 4 is 35.6 Å². The smallest absolute Gasteiger partial charge is 0.338 e. The van der Waals surface area contributed by atoms with Crippen LogP contribution in [-0.4, -0.2) is 116 Å². The Morgan fingerprint density at radius 3 is 1.54 bits per heavy atom. The van der Waals surface area contributed by atoms with Crippen LogP contribution in [0.1, 0.15) is 86.7 Å². The molecule has 9 rings (SSSR count). The average molecular weight is 1100 g/mol. The van der Waals surface area contributed by atoms with Gasteiger partial charge in [0.2, 0.25) is 0 Å². The lowest BCUT2D eigenvalue weighted by atomic mass is 9.45. The van der Waals surface area contributed by atoms with Crippen molar-refractivity contribution in [3.05, 3.63) is 216 Å². The molecule has 0 radical (unpaired) electrons. The summed E-state index contributed by atoms with van der Waals surface area (Å²) in [5.41, 5.74) is -6.45. The van der Waals surface area contributed by atoms with Crippen LogP contribution in [0.25, 0.3) is 11.1 Å². The number of ether oxygens (including phenoxy) is 4. The number of nitrogens with one attached hydrogen (secondary N) is 1. The van der Waals surface area contributed by atoms with Crippen LogP contribution in [0, 0.1) is 16.7 Å². The molecule has 0 aliphatic heterocycles. The van der Waals surface area contributed by atoms with Crippen LogP contribution in [0.3, 0.4) is 0 Å². The minimum absolute atomic E-state index is 0.0365. The van der Waals surface area contributed by atoms with Crippen LogP contribution in [0.2, 0.25) is 0 Å². The van der Waals surface area contributed by atoms with E-state index >= 15 is 4.79 Å². The van der Waals surface area contributed by atoms with E-state index in [0.717, 1.165) is 13.8 Å². The fraction of sp³-hybridized carbons (Fsp3) is 0.323.